The molecule has 0 fully saturated rings. The second-order valence-electron chi connectivity index (χ2n) is 14.9. The summed E-state index contributed by atoms with van der Waals surface area (Å²) in [6, 6.07) is 82.9. The van der Waals surface area contributed by atoms with Gasteiger partial charge in [0.2, 0.25) is 0 Å². The molecule has 0 radical (unpaired) electrons. The van der Waals surface area contributed by atoms with E-state index in [1.54, 1.807) is 0 Å². The zero-order valence-corrected chi connectivity index (χ0v) is 31.7. The van der Waals surface area contributed by atoms with Crippen LogP contribution in [0.2, 0.25) is 0 Å². The summed E-state index contributed by atoms with van der Waals surface area (Å²) in [5.41, 5.74) is 12.6. The summed E-state index contributed by atoms with van der Waals surface area (Å²) in [5.74, 6) is 0. The number of para-hydroxylation sites is 3. The standard InChI is InChI=1S/C55H38N2O/c1-5-18-39(19-6-1)55(40-20-7-2-8-21-40,41-22-9-3-10-23-41)42-32-34-44(35-33-42)56(50-29-17-31-53-54(50)48-27-14-16-30-52(48)58-53)45-36-37-47-46-26-13-15-28-49(46)57(51(47)38-45)43-24-11-4-12-25-43/h1-38H. The van der Waals surface area contributed by atoms with Gasteiger partial charge in [0.25, 0.3) is 0 Å². The number of hydrogen-bond donors (Lipinski definition) is 0. The normalized spacial score (nSPS) is 11.8. The highest BCUT2D eigenvalue weighted by molar-refractivity contribution is 6.14. The maximum Gasteiger partial charge on any atom is 0.137 e. The molecule has 0 aliphatic heterocycles. The summed E-state index contributed by atoms with van der Waals surface area (Å²) < 4.78 is 8.87. The summed E-state index contributed by atoms with van der Waals surface area (Å²) in [5, 5.41) is 4.61. The van der Waals surface area contributed by atoms with Crippen LogP contribution in [-0.2, 0) is 5.41 Å². The van der Waals surface area contributed by atoms with E-state index in [2.05, 4.69) is 234 Å². The fourth-order valence-electron chi connectivity index (χ4n) is 9.25. The van der Waals surface area contributed by atoms with E-state index in [0.717, 1.165) is 50.2 Å². The monoisotopic (exact) mass is 742 g/mol. The summed E-state index contributed by atoms with van der Waals surface area (Å²) in [6.07, 6.45) is 0. The van der Waals surface area contributed by atoms with E-state index in [1.807, 2.05) is 6.07 Å². The Hall–Kier alpha value is -7.62. The lowest BCUT2D eigenvalue weighted by atomic mass is 9.65. The van der Waals surface area contributed by atoms with Crippen LogP contribution in [0.5, 0.6) is 0 Å². The number of nitrogens with zero attached hydrogens (tertiary/aromatic N) is 2. The van der Waals surface area contributed by atoms with E-state index in [9.17, 15) is 0 Å². The largest absolute Gasteiger partial charge is 0.456 e. The lowest BCUT2D eigenvalue weighted by Crippen LogP contribution is -2.31. The van der Waals surface area contributed by atoms with Gasteiger partial charge in [0.15, 0.2) is 0 Å². The molecule has 0 atom stereocenters. The molecule has 0 aliphatic carbocycles. The highest BCUT2D eigenvalue weighted by atomic mass is 16.3. The van der Waals surface area contributed by atoms with Crippen molar-refractivity contribution in [1.29, 1.82) is 0 Å². The van der Waals surface area contributed by atoms with Gasteiger partial charge in [-0.05, 0) is 82.9 Å². The molecular formula is C55H38N2O. The number of benzene rings is 9. The highest BCUT2D eigenvalue weighted by Crippen LogP contribution is 2.48. The van der Waals surface area contributed by atoms with Gasteiger partial charge in [-0.2, -0.15) is 0 Å². The Morgan fingerprint density at radius 1 is 0.362 bits per heavy atom. The molecule has 0 N–H and O–H groups in total. The molecule has 0 saturated carbocycles. The van der Waals surface area contributed by atoms with Crippen LogP contribution >= 0.6 is 0 Å². The topological polar surface area (TPSA) is 21.3 Å². The van der Waals surface area contributed by atoms with E-state index in [0.29, 0.717) is 0 Å². The zero-order valence-electron chi connectivity index (χ0n) is 31.7. The van der Waals surface area contributed by atoms with Crippen molar-refractivity contribution in [3.05, 3.63) is 253 Å². The van der Waals surface area contributed by atoms with E-state index in [-0.39, 0.29) is 0 Å². The van der Waals surface area contributed by atoms with Crippen LogP contribution in [0.25, 0.3) is 49.4 Å². The molecule has 2 aromatic heterocycles. The minimum Gasteiger partial charge on any atom is -0.456 e. The molecule has 0 saturated heterocycles. The van der Waals surface area contributed by atoms with Crippen molar-refractivity contribution in [2.24, 2.45) is 0 Å². The van der Waals surface area contributed by atoms with Crippen LogP contribution in [0.15, 0.2) is 235 Å². The Morgan fingerprint density at radius 2 is 0.862 bits per heavy atom. The maximum absolute atomic E-state index is 6.48. The third kappa shape index (κ3) is 5.28. The molecule has 58 heavy (non-hydrogen) atoms. The molecule has 9 aromatic carbocycles. The van der Waals surface area contributed by atoms with Gasteiger partial charge >= 0.3 is 0 Å². The zero-order chi connectivity index (χ0) is 38.5. The second-order valence-corrected chi connectivity index (χ2v) is 14.9. The Bertz CT molecular complexity index is 3110. The number of anilines is 3. The van der Waals surface area contributed by atoms with E-state index in [4.69, 9.17) is 4.42 Å². The van der Waals surface area contributed by atoms with Gasteiger partial charge in [-0.3, -0.25) is 0 Å². The summed E-state index contributed by atoms with van der Waals surface area (Å²) >= 11 is 0. The molecule has 0 amide bonds. The SMILES string of the molecule is c1ccc(-n2c3ccccc3c3ccc(N(c4ccc(C(c5ccccc5)(c5ccccc5)c5ccccc5)cc4)c4cccc5oc6ccccc6c45)cc32)cc1. The van der Waals surface area contributed by atoms with Gasteiger partial charge in [-0.25, -0.2) is 0 Å². The van der Waals surface area contributed by atoms with Crippen molar-refractivity contribution in [3.8, 4) is 5.69 Å². The van der Waals surface area contributed by atoms with Gasteiger partial charge in [0.05, 0.1) is 27.5 Å². The van der Waals surface area contributed by atoms with Crippen molar-refractivity contribution in [3.63, 3.8) is 0 Å². The average molecular weight is 743 g/mol. The van der Waals surface area contributed by atoms with Gasteiger partial charge in [0.1, 0.15) is 11.2 Å². The van der Waals surface area contributed by atoms with E-state index < -0.39 is 5.41 Å². The van der Waals surface area contributed by atoms with E-state index in [1.165, 1.54) is 38.5 Å². The van der Waals surface area contributed by atoms with E-state index >= 15 is 0 Å². The molecule has 3 heteroatoms. The maximum atomic E-state index is 6.48. The molecular weight excluding hydrogens is 705 g/mol. The predicted octanol–water partition coefficient (Wildman–Crippen LogP) is 14.5. The number of aromatic nitrogens is 1. The molecule has 0 aliphatic rings. The molecule has 3 nitrogen and oxygen atoms in total. The highest BCUT2D eigenvalue weighted by Gasteiger charge is 2.38. The van der Waals surface area contributed by atoms with Crippen LogP contribution in [0, 0.1) is 0 Å². The number of hydrogen-bond acceptors (Lipinski definition) is 2. The minimum absolute atomic E-state index is 0.552. The Morgan fingerprint density at radius 3 is 1.52 bits per heavy atom. The molecule has 0 spiro atoms. The van der Waals surface area contributed by atoms with Crippen LogP contribution in [0.4, 0.5) is 17.1 Å². The van der Waals surface area contributed by atoms with Crippen LogP contribution in [-0.4, -0.2) is 4.57 Å². The van der Waals surface area contributed by atoms with Crippen molar-refractivity contribution < 1.29 is 4.42 Å². The Kier molecular flexibility index (Phi) is 8.04. The van der Waals surface area contributed by atoms with Gasteiger partial charge in [0, 0.05) is 33.2 Å². The van der Waals surface area contributed by atoms with Gasteiger partial charge < -0.3 is 13.9 Å². The van der Waals surface area contributed by atoms with Crippen molar-refractivity contribution >= 4 is 60.8 Å². The second kappa shape index (κ2) is 13.8. The summed E-state index contributed by atoms with van der Waals surface area (Å²) in [6.45, 7) is 0. The molecule has 11 rings (SSSR count). The lowest BCUT2D eigenvalue weighted by Gasteiger charge is -2.37. The first-order valence-electron chi connectivity index (χ1n) is 19.9. The van der Waals surface area contributed by atoms with Crippen molar-refractivity contribution in [1.82, 2.24) is 4.57 Å². The average Bonchev–Trinajstić information content (AvgIpc) is 3.85. The van der Waals surface area contributed by atoms with Gasteiger partial charge in [-0.1, -0.05) is 170 Å². The molecule has 2 heterocycles. The number of fused-ring (bicyclic) bond motifs is 6. The van der Waals surface area contributed by atoms with Crippen LogP contribution in [0.1, 0.15) is 22.3 Å². The molecule has 274 valence electrons. The Balaban J connectivity index is 1.17. The van der Waals surface area contributed by atoms with Crippen LogP contribution in [0.3, 0.4) is 0 Å². The first kappa shape index (κ1) is 33.7. The minimum atomic E-state index is -0.552. The quantitative estimate of drug-likeness (QED) is 0.145. The fraction of sp³-hybridized carbons (Fsp3) is 0.0182. The van der Waals surface area contributed by atoms with Crippen LogP contribution < -0.4 is 4.90 Å². The smallest absolute Gasteiger partial charge is 0.137 e. The first-order chi connectivity index (χ1) is 28.8. The summed E-state index contributed by atoms with van der Waals surface area (Å²) in [4.78, 5) is 2.40. The lowest BCUT2D eigenvalue weighted by molar-refractivity contribution is 0.669. The molecule has 11 aromatic rings. The number of rotatable bonds is 8. The fourth-order valence-corrected chi connectivity index (χ4v) is 9.25. The first-order valence-corrected chi connectivity index (χ1v) is 19.9. The third-order valence-corrected chi connectivity index (χ3v) is 11.7. The van der Waals surface area contributed by atoms with Gasteiger partial charge in [-0.15, -0.1) is 0 Å². The predicted molar refractivity (Wildman–Crippen MR) is 241 cm³/mol. The molecule has 0 unspecified atom stereocenters. The van der Waals surface area contributed by atoms with Crippen molar-refractivity contribution in [2.45, 2.75) is 5.41 Å². The third-order valence-electron chi connectivity index (χ3n) is 11.7. The molecule has 0 bridgehead atoms. The summed E-state index contributed by atoms with van der Waals surface area (Å²) in [7, 11) is 0. The Labute approximate surface area is 337 Å². The van der Waals surface area contributed by atoms with Crippen molar-refractivity contribution in [2.75, 3.05) is 4.90 Å². The number of furan rings is 1.